The van der Waals surface area contributed by atoms with Gasteiger partial charge in [-0.3, -0.25) is 4.79 Å². The van der Waals surface area contributed by atoms with Gasteiger partial charge < -0.3 is 15.1 Å². The highest BCUT2D eigenvalue weighted by atomic mass is 35.5. The monoisotopic (exact) mass is 403 g/mol. The topological polar surface area (TPSA) is 35.6 Å². The van der Waals surface area contributed by atoms with Gasteiger partial charge in [-0.15, -0.1) is 24.8 Å². The molecule has 3 heterocycles. The molecule has 4 rings (SSSR count). The molecule has 1 aromatic carbocycles. The molecule has 4 nitrogen and oxygen atoms in total. The van der Waals surface area contributed by atoms with E-state index in [1.54, 1.807) is 6.07 Å². The zero-order valence-corrected chi connectivity index (χ0v) is 16.5. The smallest absolute Gasteiger partial charge is 0.222 e. The number of piperidine rings is 1. The molecule has 2 bridgehead atoms. The van der Waals surface area contributed by atoms with E-state index < -0.39 is 0 Å². The maximum Gasteiger partial charge on any atom is 0.222 e. The molecule has 2 atom stereocenters. The van der Waals surface area contributed by atoms with Crippen LogP contribution in [0.15, 0.2) is 24.3 Å². The highest BCUT2D eigenvalue weighted by Gasteiger charge is 2.35. The van der Waals surface area contributed by atoms with Crippen LogP contribution in [-0.4, -0.2) is 49.1 Å². The molecule has 7 heteroatoms. The molecule has 0 aliphatic carbocycles. The van der Waals surface area contributed by atoms with E-state index in [0.29, 0.717) is 56.3 Å². The van der Waals surface area contributed by atoms with Crippen molar-refractivity contribution in [3.8, 4) is 0 Å². The van der Waals surface area contributed by atoms with Crippen LogP contribution in [0, 0.1) is 11.7 Å². The summed E-state index contributed by atoms with van der Waals surface area (Å²) in [5.74, 6) is 0.651. The second-order valence-corrected chi connectivity index (χ2v) is 7.50. The van der Waals surface area contributed by atoms with Gasteiger partial charge in [-0.05, 0) is 43.7 Å². The van der Waals surface area contributed by atoms with Gasteiger partial charge >= 0.3 is 0 Å². The molecule has 1 N–H and O–H groups in total. The van der Waals surface area contributed by atoms with Crippen molar-refractivity contribution in [2.45, 2.75) is 44.2 Å². The van der Waals surface area contributed by atoms with Crippen molar-refractivity contribution in [2.24, 2.45) is 5.92 Å². The van der Waals surface area contributed by atoms with Crippen LogP contribution in [0.3, 0.4) is 0 Å². The lowest BCUT2D eigenvalue weighted by atomic mass is 9.89. The van der Waals surface area contributed by atoms with Crippen molar-refractivity contribution in [3.05, 3.63) is 30.1 Å². The van der Waals surface area contributed by atoms with Gasteiger partial charge in [-0.1, -0.05) is 12.1 Å². The summed E-state index contributed by atoms with van der Waals surface area (Å²) >= 11 is 0. The number of para-hydroxylation sites is 1. The quantitative estimate of drug-likeness (QED) is 0.840. The average Bonchev–Trinajstić information content (AvgIpc) is 2.94. The van der Waals surface area contributed by atoms with Gasteiger partial charge in [0.15, 0.2) is 0 Å². The zero-order chi connectivity index (χ0) is 16.5. The third kappa shape index (κ3) is 4.62. The Kier molecular flexibility index (Phi) is 7.56. The molecule has 2 unspecified atom stereocenters. The van der Waals surface area contributed by atoms with Gasteiger partial charge in [-0.2, -0.15) is 0 Å². The van der Waals surface area contributed by atoms with Gasteiger partial charge in [-0.25, -0.2) is 4.39 Å². The van der Waals surface area contributed by atoms with Crippen molar-refractivity contribution in [3.63, 3.8) is 0 Å². The summed E-state index contributed by atoms with van der Waals surface area (Å²) in [5.41, 5.74) is 0.652. The number of hydrogen-bond donors (Lipinski definition) is 1. The molecule has 26 heavy (non-hydrogen) atoms. The van der Waals surface area contributed by atoms with Crippen LogP contribution >= 0.6 is 24.8 Å². The van der Waals surface area contributed by atoms with Crippen molar-refractivity contribution in [1.82, 2.24) is 10.2 Å². The molecule has 0 radical (unpaired) electrons. The van der Waals surface area contributed by atoms with E-state index in [0.717, 1.165) is 12.8 Å². The SMILES string of the molecule is Cl.Cl.O=C(CC1CC2CCC(C1)N2)N1CCN(c2ccccc2F)CC1. The van der Waals surface area contributed by atoms with Crippen molar-refractivity contribution in [2.75, 3.05) is 31.1 Å². The Bertz CT molecular complexity index is 598. The lowest BCUT2D eigenvalue weighted by molar-refractivity contribution is -0.132. The van der Waals surface area contributed by atoms with Crippen LogP contribution < -0.4 is 10.2 Å². The highest BCUT2D eigenvalue weighted by Crippen LogP contribution is 2.33. The molecule has 3 saturated heterocycles. The van der Waals surface area contributed by atoms with Crippen LogP contribution in [0.4, 0.5) is 10.1 Å². The summed E-state index contributed by atoms with van der Waals surface area (Å²) in [5, 5.41) is 3.64. The molecule has 1 aromatic rings. The fourth-order valence-corrected chi connectivity index (χ4v) is 4.62. The molecule has 146 valence electrons. The van der Waals surface area contributed by atoms with Crippen LogP contribution in [-0.2, 0) is 4.79 Å². The summed E-state index contributed by atoms with van der Waals surface area (Å²) in [6, 6.07) is 8.17. The number of halogens is 3. The average molecular weight is 404 g/mol. The first-order valence-electron chi connectivity index (χ1n) is 9.22. The van der Waals surface area contributed by atoms with E-state index in [-0.39, 0.29) is 36.5 Å². The predicted octanol–water partition coefficient (Wildman–Crippen LogP) is 3.24. The lowest BCUT2D eigenvalue weighted by Crippen LogP contribution is -2.49. The number of rotatable bonds is 3. The van der Waals surface area contributed by atoms with Gasteiger partial charge in [0, 0.05) is 44.7 Å². The van der Waals surface area contributed by atoms with Gasteiger partial charge in [0.25, 0.3) is 0 Å². The largest absolute Gasteiger partial charge is 0.366 e. The Labute approximate surface area is 167 Å². The van der Waals surface area contributed by atoms with Crippen LogP contribution in [0.25, 0.3) is 0 Å². The standard InChI is InChI=1S/C19H26FN3O.2ClH/c20-17-3-1-2-4-18(17)22-7-9-23(10-8-22)19(24)13-14-11-15-5-6-16(12-14)21-15;;/h1-4,14-16,21H,5-13H2;2*1H. The molecule has 3 aliphatic rings. The Hall–Kier alpha value is -1.04. The van der Waals surface area contributed by atoms with E-state index in [4.69, 9.17) is 0 Å². The molecule has 0 aromatic heterocycles. The van der Waals surface area contributed by atoms with E-state index in [9.17, 15) is 9.18 Å². The van der Waals surface area contributed by atoms with E-state index in [1.807, 2.05) is 21.9 Å². The Balaban J connectivity index is 0.00000121. The van der Waals surface area contributed by atoms with Crippen LogP contribution in [0.1, 0.15) is 32.1 Å². The Morgan fingerprint density at radius 3 is 2.27 bits per heavy atom. The second kappa shape index (κ2) is 9.25. The summed E-state index contributed by atoms with van der Waals surface area (Å²) in [6.07, 6.45) is 5.54. The summed E-state index contributed by atoms with van der Waals surface area (Å²) in [6.45, 7) is 2.82. The first-order chi connectivity index (χ1) is 11.7. The maximum atomic E-state index is 13.9. The summed E-state index contributed by atoms with van der Waals surface area (Å²) in [4.78, 5) is 16.6. The number of piperazine rings is 1. The zero-order valence-electron chi connectivity index (χ0n) is 14.9. The first kappa shape index (κ1) is 21.3. The number of hydrogen-bond acceptors (Lipinski definition) is 3. The fraction of sp³-hybridized carbons (Fsp3) is 0.632. The molecular formula is C19H28Cl2FN3O. The minimum Gasteiger partial charge on any atom is -0.366 e. The molecule has 3 aliphatic heterocycles. The summed E-state index contributed by atoms with van der Waals surface area (Å²) in [7, 11) is 0. The lowest BCUT2D eigenvalue weighted by Gasteiger charge is -2.37. The highest BCUT2D eigenvalue weighted by molar-refractivity contribution is 5.85. The third-order valence-electron chi connectivity index (χ3n) is 5.86. The maximum absolute atomic E-state index is 13.9. The van der Waals surface area contributed by atoms with Crippen molar-refractivity contribution in [1.29, 1.82) is 0 Å². The second-order valence-electron chi connectivity index (χ2n) is 7.50. The number of carbonyl (C=O) groups is 1. The minimum absolute atomic E-state index is 0. The van der Waals surface area contributed by atoms with Crippen molar-refractivity contribution >= 4 is 36.4 Å². The van der Waals surface area contributed by atoms with E-state index >= 15 is 0 Å². The molecule has 0 spiro atoms. The first-order valence-corrected chi connectivity index (χ1v) is 9.22. The van der Waals surface area contributed by atoms with Crippen LogP contribution in [0.5, 0.6) is 0 Å². The number of nitrogens with one attached hydrogen (secondary N) is 1. The number of nitrogens with zero attached hydrogens (tertiary/aromatic N) is 2. The van der Waals surface area contributed by atoms with E-state index in [1.165, 1.54) is 18.9 Å². The third-order valence-corrected chi connectivity index (χ3v) is 5.86. The van der Waals surface area contributed by atoms with Gasteiger partial charge in [0.1, 0.15) is 5.82 Å². The Morgan fingerprint density at radius 1 is 1.04 bits per heavy atom. The van der Waals surface area contributed by atoms with Crippen molar-refractivity contribution < 1.29 is 9.18 Å². The molecule has 3 fully saturated rings. The number of anilines is 1. The molecule has 1 amide bonds. The van der Waals surface area contributed by atoms with Crippen LogP contribution in [0.2, 0.25) is 0 Å². The predicted molar refractivity (Wildman–Crippen MR) is 107 cm³/mol. The number of fused-ring (bicyclic) bond motifs is 2. The number of benzene rings is 1. The number of amides is 1. The Morgan fingerprint density at radius 2 is 1.65 bits per heavy atom. The fourth-order valence-electron chi connectivity index (χ4n) is 4.62. The summed E-state index contributed by atoms with van der Waals surface area (Å²) < 4.78 is 13.9. The minimum atomic E-state index is -0.178. The number of carbonyl (C=O) groups excluding carboxylic acids is 1. The van der Waals surface area contributed by atoms with Gasteiger partial charge in [0.05, 0.1) is 5.69 Å². The molecule has 0 saturated carbocycles. The normalized spacial score (nSPS) is 27.5. The van der Waals surface area contributed by atoms with Gasteiger partial charge in [0.2, 0.25) is 5.91 Å². The molecular weight excluding hydrogens is 376 g/mol. The van der Waals surface area contributed by atoms with E-state index in [2.05, 4.69) is 5.32 Å².